The van der Waals surface area contributed by atoms with Crippen LogP contribution in [0.15, 0.2) is 0 Å². The average Bonchev–Trinajstić information content (AvgIpc) is 2.89. The lowest BCUT2D eigenvalue weighted by Crippen LogP contribution is -2.53. The van der Waals surface area contributed by atoms with Crippen LogP contribution in [0.4, 0.5) is 0 Å². The van der Waals surface area contributed by atoms with Crippen molar-refractivity contribution >= 4 is 5.91 Å². The lowest BCUT2D eigenvalue weighted by atomic mass is 9.92. The Kier molecular flexibility index (Phi) is 4.11. The lowest BCUT2D eigenvalue weighted by molar-refractivity contribution is -0.107. The van der Waals surface area contributed by atoms with Gasteiger partial charge in [-0.25, -0.2) is 0 Å². The Morgan fingerprint density at radius 1 is 1.22 bits per heavy atom. The maximum Gasteiger partial charge on any atom is 0.274 e. The number of rotatable bonds is 1. The fourth-order valence-electron chi connectivity index (χ4n) is 4.25. The summed E-state index contributed by atoms with van der Waals surface area (Å²) in [6, 6.07) is 0. The van der Waals surface area contributed by atoms with E-state index in [4.69, 9.17) is 4.74 Å². The second kappa shape index (κ2) is 6.24. The van der Waals surface area contributed by atoms with Gasteiger partial charge in [0, 0.05) is 37.3 Å². The van der Waals surface area contributed by atoms with E-state index >= 15 is 0 Å². The van der Waals surface area contributed by atoms with Crippen LogP contribution in [0.2, 0.25) is 0 Å². The first-order valence-corrected chi connectivity index (χ1v) is 8.98. The van der Waals surface area contributed by atoms with Crippen LogP contribution in [0, 0.1) is 0 Å². The molecule has 2 fully saturated rings. The third-order valence-electron chi connectivity index (χ3n) is 5.56. The number of amides is 1. The minimum absolute atomic E-state index is 0.0677. The summed E-state index contributed by atoms with van der Waals surface area (Å²) >= 11 is 0. The average molecular weight is 318 g/mol. The van der Waals surface area contributed by atoms with Gasteiger partial charge < -0.3 is 15.0 Å². The number of hydrogen-bond donors (Lipinski definition) is 2. The summed E-state index contributed by atoms with van der Waals surface area (Å²) in [5, 5.41) is 10.7. The maximum absolute atomic E-state index is 13.0. The number of nitrogens with zero attached hydrogens (tertiary/aromatic N) is 2. The molecule has 2 N–H and O–H groups in total. The molecule has 1 saturated carbocycles. The summed E-state index contributed by atoms with van der Waals surface area (Å²) in [5.41, 5.74) is 2.67. The molecule has 4 rings (SSSR count). The Hall–Kier alpha value is -1.40. The highest BCUT2D eigenvalue weighted by atomic mass is 16.5. The predicted octanol–water partition coefficient (Wildman–Crippen LogP) is 1.62. The summed E-state index contributed by atoms with van der Waals surface area (Å²) in [4.78, 5) is 15.0. The first-order chi connectivity index (χ1) is 11.3. The number of aromatic amines is 1. The summed E-state index contributed by atoms with van der Waals surface area (Å²) in [6.45, 7) is 3.74. The SMILES string of the molecule is O=C(c1n[nH]c2c1CNCC2)N1CCOC2(CCCCCC2)C1. The molecule has 0 bridgehead atoms. The molecule has 1 amide bonds. The monoisotopic (exact) mass is 318 g/mol. The number of aromatic nitrogens is 2. The van der Waals surface area contributed by atoms with Crippen LogP contribution in [0.25, 0.3) is 0 Å². The number of nitrogens with one attached hydrogen (secondary N) is 2. The molecule has 0 atom stereocenters. The maximum atomic E-state index is 13.0. The largest absolute Gasteiger partial charge is 0.371 e. The molecule has 3 aliphatic rings. The molecule has 1 aromatic heterocycles. The molecule has 6 heteroatoms. The van der Waals surface area contributed by atoms with Crippen LogP contribution in [0.1, 0.15) is 60.3 Å². The summed E-state index contributed by atoms with van der Waals surface area (Å²) in [5.74, 6) is 0.0677. The Balaban J connectivity index is 1.53. The topological polar surface area (TPSA) is 70.2 Å². The number of H-pyrrole nitrogens is 1. The quantitative estimate of drug-likeness (QED) is 0.825. The zero-order chi connectivity index (χ0) is 15.7. The molecule has 0 unspecified atom stereocenters. The molecule has 0 aromatic carbocycles. The van der Waals surface area contributed by atoms with Crippen LogP contribution >= 0.6 is 0 Å². The Morgan fingerprint density at radius 3 is 2.87 bits per heavy atom. The number of hydrogen-bond acceptors (Lipinski definition) is 4. The normalized spacial score (nSPS) is 24.3. The van der Waals surface area contributed by atoms with Crippen molar-refractivity contribution in [1.82, 2.24) is 20.4 Å². The Bertz CT molecular complexity index is 575. The fourth-order valence-corrected chi connectivity index (χ4v) is 4.25. The van der Waals surface area contributed by atoms with Gasteiger partial charge in [0.2, 0.25) is 0 Å². The van der Waals surface area contributed by atoms with Crippen molar-refractivity contribution in [3.05, 3.63) is 17.0 Å². The molecule has 23 heavy (non-hydrogen) atoms. The predicted molar refractivity (Wildman–Crippen MR) is 86.3 cm³/mol. The van der Waals surface area contributed by atoms with Crippen molar-refractivity contribution in [1.29, 1.82) is 0 Å². The van der Waals surface area contributed by atoms with Gasteiger partial charge in [-0.2, -0.15) is 5.10 Å². The molecule has 1 aliphatic carbocycles. The van der Waals surface area contributed by atoms with E-state index in [9.17, 15) is 4.79 Å². The molecule has 1 saturated heterocycles. The first-order valence-electron chi connectivity index (χ1n) is 8.98. The van der Waals surface area contributed by atoms with Crippen LogP contribution in [0.5, 0.6) is 0 Å². The molecule has 2 aliphatic heterocycles. The second-order valence-electron chi connectivity index (χ2n) is 7.13. The van der Waals surface area contributed by atoms with Gasteiger partial charge in [-0.1, -0.05) is 25.7 Å². The molecule has 3 heterocycles. The van der Waals surface area contributed by atoms with Gasteiger partial charge >= 0.3 is 0 Å². The molecular formula is C17H26N4O2. The van der Waals surface area contributed by atoms with Crippen molar-refractivity contribution in [2.24, 2.45) is 0 Å². The molecule has 1 spiro atoms. The van der Waals surface area contributed by atoms with Crippen LogP contribution in [0.3, 0.4) is 0 Å². The van der Waals surface area contributed by atoms with Crippen molar-refractivity contribution in [2.75, 3.05) is 26.2 Å². The van der Waals surface area contributed by atoms with Crippen molar-refractivity contribution < 1.29 is 9.53 Å². The highest BCUT2D eigenvalue weighted by Crippen LogP contribution is 2.34. The Labute approximate surface area is 137 Å². The van der Waals surface area contributed by atoms with E-state index < -0.39 is 0 Å². The number of carbonyl (C=O) groups excluding carboxylic acids is 1. The fraction of sp³-hybridized carbons (Fsp3) is 0.765. The number of carbonyl (C=O) groups is 1. The highest BCUT2D eigenvalue weighted by molar-refractivity contribution is 5.94. The van der Waals surface area contributed by atoms with Gasteiger partial charge in [0.25, 0.3) is 5.91 Å². The van der Waals surface area contributed by atoms with E-state index in [1.807, 2.05) is 4.90 Å². The zero-order valence-corrected chi connectivity index (χ0v) is 13.7. The van der Waals surface area contributed by atoms with Crippen LogP contribution in [-0.4, -0.2) is 52.8 Å². The van der Waals surface area contributed by atoms with E-state index in [2.05, 4.69) is 15.5 Å². The number of morpholine rings is 1. The standard InChI is InChI=1S/C17H26N4O2/c22-16(15-13-11-18-8-5-14(13)19-20-15)21-9-10-23-17(12-21)6-3-1-2-4-7-17/h18H,1-12H2,(H,19,20). The lowest BCUT2D eigenvalue weighted by Gasteiger charge is -2.42. The molecule has 6 nitrogen and oxygen atoms in total. The van der Waals surface area contributed by atoms with E-state index in [0.717, 1.165) is 50.2 Å². The summed E-state index contributed by atoms with van der Waals surface area (Å²) < 4.78 is 6.16. The smallest absolute Gasteiger partial charge is 0.274 e. The minimum Gasteiger partial charge on any atom is -0.371 e. The van der Waals surface area contributed by atoms with Gasteiger partial charge in [-0.3, -0.25) is 9.89 Å². The van der Waals surface area contributed by atoms with Gasteiger partial charge in [0.15, 0.2) is 5.69 Å². The van der Waals surface area contributed by atoms with E-state index in [0.29, 0.717) is 18.8 Å². The third kappa shape index (κ3) is 2.90. The molecule has 1 aromatic rings. The first kappa shape index (κ1) is 15.1. The van der Waals surface area contributed by atoms with Crippen LogP contribution in [-0.2, 0) is 17.7 Å². The minimum atomic E-state index is -0.112. The van der Waals surface area contributed by atoms with Gasteiger partial charge in [0.1, 0.15) is 0 Å². The van der Waals surface area contributed by atoms with Crippen LogP contribution < -0.4 is 5.32 Å². The second-order valence-corrected chi connectivity index (χ2v) is 7.13. The van der Waals surface area contributed by atoms with Gasteiger partial charge in [-0.05, 0) is 12.8 Å². The van der Waals surface area contributed by atoms with Crippen molar-refractivity contribution in [3.63, 3.8) is 0 Å². The summed E-state index contributed by atoms with van der Waals surface area (Å²) in [6.07, 6.45) is 8.08. The zero-order valence-electron chi connectivity index (χ0n) is 13.7. The Morgan fingerprint density at radius 2 is 2.04 bits per heavy atom. The summed E-state index contributed by atoms with van der Waals surface area (Å²) in [7, 11) is 0. The van der Waals surface area contributed by atoms with E-state index in [-0.39, 0.29) is 11.5 Å². The number of ether oxygens (including phenoxy) is 1. The number of fused-ring (bicyclic) bond motifs is 1. The van der Waals surface area contributed by atoms with Gasteiger partial charge in [-0.15, -0.1) is 0 Å². The van der Waals surface area contributed by atoms with E-state index in [1.54, 1.807) is 0 Å². The third-order valence-corrected chi connectivity index (χ3v) is 5.56. The van der Waals surface area contributed by atoms with Gasteiger partial charge in [0.05, 0.1) is 18.8 Å². The van der Waals surface area contributed by atoms with Crippen molar-refractivity contribution in [2.45, 2.75) is 57.1 Å². The molecular weight excluding hydrogens is 292 g/mol. The molecule has 0 radical (unpaired) electrons. The highest BCUT2D eigenvalue weighted by Gasteiger charge is 2.39. The van der Waals surface area contributed by atoms with Crippen molar-refractivity contribution in [3.8, 4) is 0 Å². The molecule has 126 valence electrons. The van der Waals surface area contributed by atoms with E-state index in [1.165, 1.54) is 25.7 Å².